The fraction of sp³-hybridized carbons (Fsp3) is 0.957. The van der Waals surface area contributed by atoms with Crippen molar-refractivity contribution in [1.29, 1.82) is 0 Å². The molecule has 6 aliphatic rings. The zero-order chi connectivity index (χ0) is 20.3. The molecular weight excluding hydrogens is 370 g/mol. The summed E-state index contributed by atoms with van der Waals surface area (Å²) in [5, 5.41) is 12.4. The molecular formula is C23H35NO5. The first-order valence-corrected chi connectivity index (χ1v) is 11.6. The normalized spacial score (nSPS) is 60.0. The lowest BCUT2D eigenvalue weighted by atomic mass is 9.46. The number of nitrogens with zero attached hydrogens (tertiary/aromatic N) is 1. The quantitative estimate of drug-likeness (QED) is 0.762. The Morgan fingerprint density at radius 3 is 2.55 bits per heavy atom. The van der Waals surface area contributed by atoms with Crippen molar-refractivity contribution < 1.29 is 24.1 Å². The van der Waals surface area contributed by atoms with Gasteiger partial charge in [-0.15, -0.1) is 0 Å². The molecule has 0 aromatic rings. The summed E-state index contributed by atoms with van der Waals surface area (Å²) in [6, 6.07) is -0.128. The number of ketones is 1. The number of aliphatic hydroxyl groups is 1. The van der Waals surface area contributed by atoms with E-state index in [1.54, 1.807) is 14.2 Å². The lowest BCUT2D eigenvalue weighted by molar-refractivity contribution is -0.251. The molecule has 6 nitrogen and oxygen atoms in total. The van der Waals surface area contributed by atoms with Crippen molar-refractivity contribution in [3.8, 4) is 0 Å². The van der Waals surface area contributed by atoms with E-state index in [1.807, 2.05) is 7.11 Å². The number of piperidine rings is 1. The van der Waals surface area contributed by atoms with Crippen LogP contribution < -0.4 is 0 Å². The molecule has 0 aromatic heterocycles. The van der Waals surface area contributed by atoms with Gasteiger partial charge in [0.2, 0.25) is 0 Å². The molecule has 1 aliphatic heterocycles. The fourth-order valence-corrected chi connectivity index (χ4v) is 10.00. The third-order valence-corrected chi connectivity index (χ3v) is 10.5. The molecule has 5 aliphatic carbocycles. The Hall–Kier alpha value is -0.530. The minimum atomic E-state index is -1.30. The number of ether oxygens (including phenoxy) is 3. The number of Topliss-reactive ketones (excluding diaryl/α,β-unsaturated/α-hetero) is 1. The van der Waals surface area contributed by atoms with Crippen LogP contribution in [0.15, 0.2) is 0 Å². The number of carbonyl (C=O) groups is 1. The van der Waals surface area contributed by atoms with Crippen LogP contribution in [0.25, 0.3) is 0 Å². The SMILES string of the molecule is CCN1CC2CCC(OC)C34C5CC6C(OC)CC(C5C6OC)C(O)(C(=O)C23)C14. The van der Waals surface area contributed by atoms with Gasteiger partial charge in [0.1, 0.15) is 5.60 Å². The Kier molecular flexibility index (Phi) is 3.99. The maximum atomic E-state index is 14.1. The third-order valence-electron chi connectivity index (χ3n) is 10.5. The molecule has 7 bridgehead atoms. The van der Waals surface area contributed by atoms with Crippen molar-refractivity contribution in [2.45, 2.75) is 62.6 Å². The first kappa shape index (κ1) is 19.2. The van der Waals surface area contributed by atoms with Gasteiger partial charge >= 0.3 is 0 Å². The van der Waals surface area contributed by atoms with Gasteiger partial charge in [0.15, 0.2) is 5.78 Å². The topological polar surface area (TPSA) is 68.2 Å². The summed E-state index contributed by atoms with van der Waals surface area (Å²) in [6.45, 7) is 3.99. The summed E-state index contributed by atoms with van der Waals surface area (Å²) in [5.74, 6) is 1.24. The van der Waals surface area contributed by atoms with E-state index in [2.05, 4.69) is 11.8 Å². The number of likely N-dealkylation sites (tertiary alicyclic amines) is 1. The van der Waals surface area contributed by atoms with Crippen LogP contribution in [0.1, 0.15) is 32.6 Å². The summed E-state index contributed by atoms with van der Waals surface area (Å²) in [5.41, 5.74) is -1.59. The Bertz CT molecular complexity index is 730. The maximum Gasteiger partial charge on any atom is 0.170 e. The highest BCUT2D eigenvalue weighted by Crippen LogP contribution is 2.76. The lowest BCUT2D eigenvalue weighted by Gasteiger charge is -2.65. The Morgan fingerprint density at radius 1 is 1.10 bits per heavy atom. The van der Waals surface area contributed by atoms with Crippen molar-refractivity contribution in [1.82, 2.24) is 4.90 Å². The first-order valence-electron chi connectivity index (χ1n) is 11.6. The van der Waals surface area contributed by atoms with Gasteiger partial charge in [-0.25, -0.2) is 0 Å². The molecule has 29 heavy (non-hydrogen) atoms. The Labute approximate surface area is 173 Å². The van der Waals surface area contributed by atoms with Crippen LogP contribution in [0.2, 0.25) is 0 Å². The number of carbonyl (C=O) groups excluding carboxylic acids is 1. The highest BCUT2D eigenvalue weighted by molar-refractivity contribution is 5.96. The van der Waals surface area contributed by atoms with Crippen LogP contribution in [-0.4, -0.2) is 80.2 Å². The van der Waals surface area contributed by atoms with Crippen LogP contribution in [0, 0.1) is 40.9 Å². The molecule has 1 N–H and O–H groups in total. The second-order valence-electron chi connectivity index (χ2n) is 10.6. The molecule has 12 unspecified atom stereocenters. The maximum absolute atomic E-state index is 14.1. The van der Waals surface area contributed by atoms with Crippen molar-refractivity contribution in [2.75, 3.05) is 34.4 Å². The predicted molar refractivity (Wildman–Crippen MR) is 105 cm³/mol. The van der Waals surface area contributed by atoms with Crippen LogP contribution in [0.3, 0.4) is 0 Å². The monoisotopic (exact) mass is 405 g/mol. The van der Waals surface area contributed by atoms with E-state index >= 15 is 0 Å². The smallest absolute Gasteiger partial charge is 0.170 e. The Morgan fingerprint density at radius 2 is 1.90 bits per heavy atom. The molecule has 0 amide bonds. The van der Waals surface area contributed by atoms with E-state index in [1.165, 1.54) is 0 Å². The number of methoxy groups -OCH3 is 3. The van der Waals surface area contributed by atoms with Crippen molar-refractivity contribution in [2.24, 2.45) is 40.9 Å². The molecule has 1 spiro atoms. The minimum Gasteiger partial charge on any atom is -0.381 e. The van der Waals surface area contributed by atoms with Gasteiger partial charge in [-0.3, -0.25) is 9.69 Å². The van der Waals surface area contributed by atoms with E-state index in [9.17, 15) is 9.90 Å². The minimum absolute atomic E-state index is 0.0323. The summed E-state index contributed by atoms with van der Waals surface area (Å²) in [4.78, 5) is 16.6. The summed E-state index contributed by atoms with van der Waals surface area (Å²) in [6.07, 6.45) is 3.96. The summed E-state index contributed by atoms with van der Waals surface area (Å²) < 4.78 is 18.2. The van der Waals surface area contributed by atoms with E-state index in [-0.39, 0.29) is 53.3 Å². The standard InChI is InChI=1S/C23H35NO5/c1-5-24-10-11-6-7-16(28-3)22-13-8-12-15(27-2)9-14(17(13)19(12)29-4)23(26,21(22)24)20(25)18(11)22/h11-19,21,26H,5-10H2,1-4H3. The van der Waals surface area contributed by atoms with E-state index in [4.69, 9.17) is 14.2 Å². The van der Waals surface area contributed by atoms with E-state index in [0.29, 0.717) is 17.8 Å². The molecule has 0 radical (unpaired) electrons. The van der Waals surface area contributed by atoms with Gasteiger partial charge in [-0.1, -0.05) is 6.92 Å². The van der Waals surface area contributed by atoms with E-state index in [0.717, 1.165) is 38.8 Å². The lowest BCUT2D eigenvalue weighted by Crippen LogP contribution is -2.75. The molecule has 5 saturated carbocycles. The van der Waals surface area contributed by atoms with Crippen LogP contribution >= 0.6 is 0 Å². The number of hydrogen-bond acceptors (Lipinski definition) is 6. The zero-order valence-electron chi connectivity index (χ0n) is 18.0. The molecule has 162 valence electrons. The average molecular weight is 406 g/mol. The van der Waals surface area contributed by atoms with Gasteiger partial charge in [0.25, 0.3) is 0 Å². The second-order valence-corrected chi connectivity index (χ2v) is 10.6. The largest absolute Gasteiger partial charge is 0.381 e. The first-order chi connectivity index (χ1) is 14.0. The molecule has 6 rings (SSSR count). The third kappa shape index (κ3) is 1.84. The van der Waals surface area contributed by atoms with Crippen molar-refractivity contribution in [3.63, 3.8) is 0 Å². The van der Waals surface area contributed by atoms with Crippen molar-refractivity contribution >= 4 is 5.78 Å². The van der Waals surface area contributed by atoms with Gasteiger partial charge in [-0.2, -0.15) is 0 Å². The van der Waals surface area contributed by atoms with Gasteiger partial charge < -0.3 is 19.3 Å². The van der Waals surface area contributed by atoms with E-state index < -0.39 is 5.60 Å². The number of hydrogen-bond donors (Lipinski definition) is 1. The highest BCUT2D eigenvalue weighted by atomic mass is 16.5. The zero-order valence-corrected chi connectivity index (χ0v) is 18.0. The van der Waals surface area contributed by atoms with Crippen LogP contribution in [-0.2, 0) is 19.0 Å². The average Bonchev–Trinajstić information content (AvgIpc) is 3.08. The summed E-state index contributed by atoms with van der Waals surface area (Å²) in [7, 11) is 5.38. The molecule has 1 heterocycles. The van der Waals surface area contributed by atoms with Gasteiger partial charge in [0, 0.05) is 51.0 Å². The fourth-order valence-electron chi connectivity index (χ4n) is 10.00. The van der Waals surface area contributed by atoms with Gasteiger partial charge in [-0.05, 0) is 50.0 Å². The number of fused-ring (bicyclic) bond motifs is 2. The van der Waals surface area contributed by atoms with Crippen LogP contribution in [0.4, 0.5) is 0 Å². The summed E-state index contributed by atoms with van der Waals surface area (Å²) >= 11 is 0. The molecule has 12 atom stereocenters. The predicted octanol–water partition coefficient (Wildman–Crippen LogP) is 1.35. The second kappa shape index (κ2) is 6.04. The van der Waals surface area contributed by atoms with Gasteiger partial charge in [0.05, 0.1) is 24.4 Å². The highest BCUT2D eigenvalue weighted by Gasteiger charge is 2.86. The Balaban J connectivity index is 1.62. The number of likely N-dealkylation sites (N-methyl/N-ethyl adjacent to an activating group) is 1. The molecule has 6 fully saturated rings. The number of rotatable bonds is 4. The molecule has 0 aromatic carbocycles. The molecule has 6 heteroatoms. The van der Waals surface area contributed by atoms with Crippen molar-refractivity contribution in [3.05, 3.63) is 0 Å². The molecule has 1 saturated heterocycles. The van der Waals surface area contributed by atoms with Crippen LogP contribution in [0.5, 0.6) is 0 Å².